The molecule has 0 saturated carbocycles. The van der Waals surface area contributed by atoms with Crippen molar-refractivity contribution < 1.29 is 14.3 Å². The first kappa shape index (κ1) is 19.1. The van der Waals surface area contributed by atoms with E-state index in [1.807, 2.05) is 17.0 Å². The highest BCUT2D eigenvalue weighted by Gasteiger charge is 2.22. The lowest BCUT2D eigenvalue weighted by molar-refractivity contribution is -0.119. The zero-order valence-electron chi connectivity index (χ0n) is 16.3. The van der Waals surface area contributed by atoms with Crippen LogP contribution in [0.3, 0.4) is 0 Å². The molecule has 0 bridgehead atoms. The molecule has 2 aliphatic rings. The molecule has 2 fully saturated rings. The Morgan fingerprint density at radius 1 is 1.14 bits per heavy atom. The highest BCUT2D eigenvalue weighted by molar-refractivity contribution is 5.82. The van der Waals surface area contributed by atoms with Crippen LogP contribution in [0.25, 0.3) is 10.9 Å². The van der Waals surface area contributed by atoms with Crippen LogP contribution in [0, 0.1) is 0 Å². The van der Waals surface area contributed by atoms with E-state index in [4.69, 9.17) is 9.47 Å². The predicted molar refractivity (Wildman–Crippen MR) is 107 cm³/mol. The van der Waals surface area contributed by atoms with Gasteiger partial charge in [0, 0.05) is 50.1 Å². The van der Waals surface area contributed by atoms with Gasteiger partial charge in [-0.05, 0) is 31.4 Å². The number of morpholine rings is 1. The van der Waals surface area contributed by atoms with E-state index in [9.17, 15) is 4.79 Å². The molecule has 2 saturated heterocycles. The Bertz CT molecular complexity index is 786. The zero-order valence-corrected chi connectivity index (χ0v) is 16.3. The minimum atomic E-state index is 0.377. The van der Waals surface area contributed by atoms with Crippen LogP contribution in [0.2, 0.25) is 0 Å². The summed E-state index contributed by atoms with van der Waals surface area (Å²) in [6, 6.07) is 6.11. The number of fused-ring (bicyclic) bond motifs is 1. The van der Waals surface area contributed by atoms with Crippen LogP contribution in [0.1, 0.15) is 30.9 Å². The number of likely N-dealkylation sites (tertiary alicyclic amines) is 1. The molecule has 0 radical (unpaired) electrons. The topological polar surface area (TPSA) is 67.8 Å². The number of carbonyl (C=O) groups excluding carboxylic acids is 1. The lowest BCUT2D eigenvalue weighted by atomic mass is 9.91. The van der Waals surface area contributed by atoms with Crippen molar-refractivity contribution in [2.24, 2.45) is 0 Å². The maximum atomic E-state index is 10.9. The molecule has 0 aliphatic carbocycles. The summed E-state index contributed by atoms with van der Waals surface area (Å²) >= 11 is 0. The fourth-order valence-electron chi connectivity index (χ4n) is 4.05. The van der Waals surface area contributed by atoms with E-state index in [1.54, 1.807) is 6.33 Å². The Labute approximate surface area is 165 Å². The van der Waals surface area contributed by atoms with Gasteiger partial charge in [0.05, 0.1) is 31.0 Å². The average Bonchev–Trinajstić information content (AvgIpc) is 2.77. The predicted octanol–water partition coefficient (Wildman–Crippen LogP) is 2.07. The van der Waals surface area contributed by atoms with E-state index in [2.05, 4.69) is 20.9 Å². The fourth-order valence-corrected chi connectivity index (χ4v) is 4.05. The lowest BCUT2D eigenvalue weighted by Gasteiger charge is -2.29. The van der Waals surface area contributed by atoms with Crippen molar-refractivity contribution in [1.29, 1.82) is 0 Å². The van der Waals surface area contributed by atoms with Gasteiger partial charge in [-0.1, -0.05) is 0 Å². The largest absolute Gasteiger partial charge is 0.493 e. The second-order valence-corrected chi connectivity index (χ2v) is 7.51. The molecule has 0 N–H and O–H groups in total. The van der Waals surface area contributed by atoms with E-state index >= 15 is 0 Å². The van der Waals surface area contributed by atoms with Crippen LogP contribution in [0.5, 0.6) is 5.75 Å². The molecule has 0 atom stereocenters. The van der Waals surface area contributed by atoms with Crippen molar-refractivity contribution in [1.82, 2.24) is 19.8 Å². The third-order valence-corrected chi connectivity index (χ3v) is 5.70. The standard InChI is InChI=1S/C21H28N4O3/c26-16-25-7-4-17(5-8-25)21-19-3-2-18(14-20(19)22-15-23-21)28-11-1-6-24-9-12-27-13-10-24/h2-3,14-17H,1,4-13H2. The molecule has 0 spiro atoms. The van der Waals surface area contributed by atoms with Gasteiger partial charge in [-0.3, -0.25) is 9.69 Å². The van der Waals surface area contributed by atoms with Crippen molar-refractivity contribution in [2.45, 2.75) is 25.2 Å². The monoisotopic (exact) mass is 384 g/mol. The van der Waals surface area contributed by atoms with Crippen molar-refractivity contribution in [3.63, 3.8) is 0 Å². The van der Waals surface area contributed by atoms with Crippen LogP contribution in [-0.4, -0.2) is 78.7 Å². The molecule has 2 aromatic rings. The van der Waals surface area contributed by atoms with Gasteiger partial charge in [0.1, 0.15) is 12.1 Å². The molecular formula is C21H28N4O3. The van der Waals surface area contributed by atoms with Gasteiger partial charge in [-0.15, -0.1) is 0 Å². The van der Waals surface area contributed by atoms with Crippen LogP contribution >= 0.6 is 0 Å². The van der Waals surface area contributed by atoms with Gasteiger partial charge in [-0.25, -0.2) is 9.97 Å². The fraction of sp³-hybridized carbons (Fsp3) is 0.571. The number of benzene rings is 1. The summed E-state index contributed by atoms with van der Waals surface area (Å²) < 4.78 is 11.3. The van der Waals surface area contributed by atoms with E-state index in [-0.39, 0.29) is 0 Å². The first-order valence-corrected chi connectivity index (χ1v) is 10.2. The molecule has 1 amide bonds. The number of aromatic nitrogens is 2. The van der Waals surface area contributed by atoms with E-state index in [0.29, 0.717) is 12.5 Å². The Morgan fingerprint density at radius 2 is 1.96 bits per heavy atom. The molecule has 4 rings (SSSR count). The minimum Gasteiger partial charge on any atom is -0.493 e. The highest BCUT2D eigenvalue weighted by atomic mass is 16.5. The first-order valence-electron chi connectivity index (χ1n) is 10.2. The number of amides is 1. The molecule has 1 aromatic heterocycles. The second kappa shape index (κ2) is 9.30. The second-order valence-electron chi connectivity index (χ2n) is 7.51. The molecule has 28 heavy (non-hydrogen) atoms. The number of rotatable bonds is 7. The summed E-state index contributed by atoms with van der Waals surface area (Å²) in [5, 5.41) is 1.09. The minimum absolute atomic E-state index is 0.377. The highest BCUT2D eigenvalue weighted by Crippen LogP contribution is 2.31. The number of ether oxygens (including phenoxy) is 2. The summed E-state index contributed by atoms with van der Waals surface area (Å²) in [7, 11) is 0. The summed E-state index contributed by atoms with van der Waals surface area (Å²) in [4.78, 5) is 24.2. The third-order valence-electron chi connectivity index (χ3n) is 5.70. The van der Waals surface area contributed by atoms with Gasteiger partial charge in [0.25, 0.3) is 0 Å². The maximum absolute atomic E-state index is 10.9. The van der Waals surface area contributed by atoms with Crippen molar-refractivity contribution in [3.05, 3.63) is 30.2 Å². The molecule has 3 heterocycles. The smallest absolute Gasteiger partial charge is 0.209 e. The van der Waals surface area contributed by atoms with Gasteiger partial charge < -0.3 is 14.4 Å². The normalized spacial score (nSPS) is 19.1. The lowest BCUT2D eigenvalue weighted by Crippen LogP contribution is -2.37. The molecule has 2 aliphatic heterocycles. The van der Waals surface area contributed by atoms with Crippen LogP contribution in [0.15, 0.2) is 24.5 Å². The van der Waals surface area contributed by atoms with E-state index in [0.717, 1.165) is 94.0 Å². The van der Waals surface area contributed by atoms with Crippen molar-refractivity contribution >= 4 is 17.3 Å². The van der Waals surface area contributed by atoms with Crippen LogP contribution in [0.4, 0.5) is 0 Å². The average molecular weight is 384 g/mol. The summed E-state index contributed by atoms with van der Waals surface area (Å²) in [6.45, 7) is 7.04. The molecule has 1 aromatic carbocycles. The van der Waals surface area contributed by atoms with Gasteiger partial charge in [0.2, 0.25) is 6.41 Å². The summed E-state index contributed by atoms with van der Waals surface area (Å²) in [5.41, 5.74) is 2.02. The van der Waals surface area contributed by atoms with Crippen molar-refractivity contribution in [3.8, 4) is 5.75 Å². The first-order chi connectivity index (χ1) is 13.8. The van der Waals surface area contributed by atoms with Gasteiger partial charge in [-0.2, -0.15) is 0 Å². The molecule has 7 nitrogen and oxygen atoms in total. The number of piperidine rings is 1. The number of nitrogens with zero attached hydrogens (tertiary/aromatic N) is 4. The SMILES string of the molecule is O=CN1CCC(c2ncnc3cc(OCCCN4CCOCC4)ccc23)CC1. The molecular weight excluding hydrogens is 356 g/mol. The Kier molecular flexibility index (Phi) is 6.34. The van der Waals surface area contributed by atoms with Crippen LogP contribution < -0.4 is 4.74 Å². The summed E-state index contributed by atoms with van der Waals surface area (Å²) in [6.07, 6.45) is 5.49. The number of hydrogen-bond acceptors (Lipinski definition) is 6. The van der Waals surface area contributed by atoms with E-state index in [1.165, 1.54) is 0 Å². The molecule has 7 heteroatoms. The Morgan fingerprint density at radius 3 is 2.75 bits per heavy atom. The molecule has 0 unspecified atom stereocenters. The number of carbonyl (C=O) groups is 1. The van der Waals surface area contributed by atoms with Gasteiger partial charge in [0.15, 0.2) is 0 Å². The van der Waals surface area contributed by atoms with Crippen LogP contribution in [-0.2, 0) is 9.53 Å². The summed E-state index contributed by atoms with van der Waals surface area (Å²) in [5.74, 6) is 1.23. The quantitative estimate of drug-likeness (QED) is 0.538. The van der Waals surface area contributed by atoms with Gasteiger partial charge >= 0.3 is 0 Å². The zero-order chi connectivity index (χ0) is 19.2. The maximum Gasteiger partial charge on any atom is 0.209 e. The van der Waals surface area contributed by atoms with Crippen molar-refractivity contribution in [2.75, 3.05) is 52.5 Å². The number of hydrogen-bond donors (Lipinski definition) is 0. The third kappa shape index (κ3) is 4.59. The van der Waals surface area contributed by atoms with E-state index < -0.39 is 0 Å². The molecule has 150 valence electrons. The Balaban J connectivity index is 1.35. The Hall–Kier alpha value is -2.25.